The molecule has 1 aromatic rings. The van der Waals surface area contributed by atoms with Gasteiger partial charge in [-0.3, -0.25) is 0 Å². The topological polar surface area (TPSA) is 0 Å². The lowest BCUT2D eigenvalue weighted by molar-refractivity contribution is 0.590. The summed E-state index contributed by atoms with van der Waals surface area (Å²) < 4.78 is 0. The molecule has 0 aliphatic heterocycles. The maximum Gasteiger partial charge on any atom is -0.0132 e. The van der Waals surface area contributed by atoms with Crippen molar-refractivity contribution in [2.45, 2.75) is 46.0 Å². The van der Waals surface area contributed by atoms with Crippen LogP contribution in [0.5, 0.6) is 0 Å². The number of rotatable bonds is 3. The van der Waals surface area contributed by atoms with Gasteiger partial charge in [0.1, 0.15) is 0 Å². The first-order chi connectivity index (χ1) is 7.04. The minimum Gasteiger partial charge on any atom is -0.0917 e. The van der Waals surface area contributed by atoms with Gasteiger partial charge in [-0.15, -0.1) is 0 Å². The summed E-state index contributed by atoms with van der Waals surface area (Å²) >= 11 is 0. The predicted molar refractivity (Wildman–Crippen MR) is 68.3 cm³/mol. The molecule has 0 nitrogen and oxygen atoms in total. The second-order valence-corrected chi connectivity index (χ2v) is 5.05. The van der Waals surface area contributed by atoms with Gasteiger partial charge in [-0.25, -0.2) is 0 Å². The van der Waals surface area contributed by atoms with E-state index in [2.05, 4.69) is 64.1 Å². The molecule has 0 aromatic heterocycles. The maximum atomic E-state index is 2.25. The molecule has 0 aliphatic carbocycles. The lowest BCUT2D eigenvalue weighted by Gasteiger charge is -2.19. The quantitative estimate of drug-likeness (QED) is 0.633. The normalized spacial score (nSPS) is 12.3. The Morgan fingerprint density at radius 2 is 1.67 bits per heavy atom. The van der Waals surface area contributed by atoms with Crippen LogP contribution in [0.2, 0.25) is 0 Å². The van der Waals surface area contributed by atoms with Crippen molar-refractivity contribution in [3.8, 4) is 0 Å². The Kier molecular flexibility index (Phi) is 4.14. The van der Waals surface area contributed by atoms with Crippen molar-refractivity contribution in [3.63, 3.8) is 0 Å². The molecule has 0 radical (unpaired) electrons. The van der Waals surface area contributed by atoms with Crippen LogP contribution in [0.1, 0.15) is 45.2 Å². The van der Waals surface area contributed by atoms with Gasteiger partial charge in [0.15, 0.2) is 0 Å². The van der Waals surface area contributed by atoms with Crippen LogP contribution in [0.3, 0.4) is 0 Å². The Labute approximate surface area is 94.0 Å². The van der Waals surface area contributed by atoms with E-state index in [1.165, 1.54) is 11.1 Å². The van der Waals surface area contributed by atoms with Crippen LogP contribution >= 0.6 is 0 Å². The maximum absolute atomic E-state index is 2.25. The van der Waals surface area contributed by atoms with E-state index < -0.39 is 0 Å². The standard InChI is InChI=1S/C15H22/c1-5-6-7-8-13-9-11-14(12-10-13)15(2,3)4/h5-6,9-12H,7-8H2,1-4H3/b6-5+. The van der Waals surface area contributed by atoms with Crippen molar-refractivity contribution in [2.75, 3.05) is 0 Å². The third-order valence-electron chi connectivity index (χ3n) is 2.66. The van der Waals surface area contributed by atoms with E-state index in [0.717, 1.165) is 12.8 Å². The van der Waals surface area contributed by atoms with E-state index in [4.69, 9.17) is 0 Å². The number of hydrogen-bond acceptors (Lipinski definition) is 0. The fraction of sp³-hybridized carbons (Fsp3) is 0.467. The molecule has 0 bridgehead atoms. The SMILES string of the molecule is C/C=C/CCc1ccc(C(C)(C)C)cc1. The highest BCUT2D eigenvalue weighted by molar-refractivity contribution is 5.27. The number of allylic oxidation sites excluding steroid dienone is 2. The molecule has 0 spiro atoms. The zero-order valence-electron chi connectivity index (χ0n) is 10.4. The Bertz CT molecular complexity index is 309. The van der Waals surface area contributed by atoms with E-state index >= 15 is 0 Å². The molecule has 0 saturated heterocycles. The molecule has 0 atom stereocenters. The fourth-order valence-corrected chi connectivity index (χ4v) is 1.59. The van der Waals surface area contributed by atoms with E-state index in [-0.39, 0.29) is 5.41 Å². The fourth-order valence-electron chi connectivity index (χ4n) is 1.59. The van der Waals surface area contributed by atoms with Gasteiger partial charge in [0.2, 0.25) is 0 Å². The first-order valence-corrected chi connectivity index (χ1v) is 5.74. The number of benzene rings is 1. The molecule has 0 aliphatic rings. The summed E-state index contributed by atoms with van der Waals surface area (Å²) in [5, 5.41) is 0. The molecule has 0 saturated carbocycles. The van der Waals surface area contributed by atoms with Crippen LogP contribution in [0, 0.1) is 0 Å². The van der Waals surface area contributed by atoms with Crippen LogP contribution in [0.25, 0.3) is 0 Å². The molecule has 0 unspecified atom stereocenters. The first kappa shape index (κ1) is 12.0. The first-order valence-electron chi connectivity index (χ1n) is 5.74. The number of hydrogen-bond donors (Lipinski definition) is 0. The molecule has 0 heterocycles. The Hall–Kier alpha value is -1.04. The molecule has 0 heteroatoms. The highest BCUT2D eigenvalue weighted by Crippen LogP contribution is 2.22. The largest absolute Gasteiger partial charge is 0.0917 e. The third-order valence-corrected chi connectivity index (χ3v) is 2.66. The van der Waals surface area contributed by atoms with Gasteiger partial charge >= 0.3 is 0 Å². The summed E-state index contributed by atoms with van der Waals surface area (Å²) in [5.41, 5.74) is 3.11. The second kappa shape index (κ2) is 5.16. The van der Waals surface area contributed by atoms with Crippen molar-refractivity contribution < 1.29 is 0 Å². The van der Waals surface area contributed by atoms with Crippen molar-refractivity contribution in [1.29, 1.82) is 0 Å². The lowest BCUT2D eigenvalue weighted by Crippen LogP contribution is -2.10. The molecule has 15 heavy (non-hydrogen) atoms. The minimum atomic E-state index is 0.266. The minimum absolute atomic E-state index is 0.266. The average molecular weight is 202 g/mol. The van der Waals surface area contributed by atoms with E-state index in [1.807, 2.05) is 0 Å². The third kappa shape index (κ3) is 3.91. The molecule has 1 rings (SSSR count). The summed E-state index contributed by atoms with van der Waals surface area (Å²) in [6, 6.07) is 9.02. The molecular formula is C15H22. The van der Waals surface area contributed by atoms with Gasteiger partial charge in [0, 0.05) is 0 Å². The monoisotopic (exact) mass is 202 g/mol. The predicted octanol–water partition coefficient (Wildman–Crippen LogP) is 4.49. The summed E-state index contributed by atoms with van der Waals surface area (Å²) in [6.07, 6.45) is 6.63. The smallest absolute Gasteiger partial charge is 0.0132 e. The molecule has 1 aromatic carbocycles. The van der Waals surface area contributed by atoms with Crippen LogP contribution in [0.4, 0.5) is 0 Å². The Morgan fingerprint density at radius 3 is 2.13 bits per heavy atom. The summed E-state index contributed by atoms with van der Waals surface area (Å²) in [6.45, 7) is 8.83. The van der Waals surface area contributed by atoms with Crippen LogP contribution in [-0.4, -0.2) is 0 Å². The average Bonchev–Trinajstić information content (AvgIpc) is 2.18. The van der Waals surface area contributed by atoms with Crippen LogP contribution in [-0.2, 0) is 11.8 Å². The van der Waals surface area contributed by atoms with Gasteiger partial charge in [0.25, 0.3) is 0 Å². The molecule has 0 fully saturated rings. The van der Waals surface area contributed by atoms with Gasteiger partial charge in [0.05, 0.1) is 0 Å². The van der Waals surface area contributed by atoms with E-state index in [1.54, 1.807) is 0 Å². The highest BCUT2D eigenvalue weighted by atomic mass is 14.2. The summed E-state index contributed by atoms with van der Waals surface area (Å²) in [5.74, 6) is 0. The van der Waals surface area contributed by atoms with Crippen LogP contribution in [0.15, 0.2) is 36.4 Å². The summed E-state index contributed by atoms with van der Waals surface area (Å²) in [7, 11) is 0. The van der Waals surface area contributed by atoms with Gasteiger partial charge in [-0.2, -0.15) is 0 Å². The Balaban J connectivity index is 2.64. The van der Waals surface area contributed by atoms with Gasteiger partial charge < -0.3 is 0 Å². The van der Waals surface area contributed by atoms with Crippen molar-refractivity contribution in [1.82, 2.24) is 0 Å². The highest BCUT2D eigenvalue weighted by Gasteiger charge is 2.12. The molecule has 82 valence electrons. The zero-order valence-corrected chi connectivity index (χ0v) is 10.4. The van der Waals surface area contributed by atoms with E-state index in [0.29, 0.717) is 0 Å². The van der Waals surface area contributed by atoms with Crippen molar-refractivity contribution >= 4 is 0 Å². The molecule has 0 N–H and O–H groups in total. The zero-order chi connectivity index (χ0) is 11.3. The van der Waals surface area contributed by atoms with Crippen molar-refractivity contribution in [3.05, 3.63) is 47.5 Å². The van der Waals surface area contributed by atoms with Crippen molar-refractivity contribution in [2.24, 2.45) is 0 Å². The number of aryl methyl sites for hydroxylation is 1. The van der Waals surface area contributed by atoms with Gasteiger partial charge in [-0.05, 0) is 36.3 Å². The van der Waals surface area contributed by atoms with Gasteiger partial charge in [-0.1, -0.05) is 57.2 Å². The molecular weight excluding hydrogens is 180 g/mol. The van der Waals surface area contributed by atoms with Crippen LogP contribution < -0.4 is 0 Å². The lowest BCUT2D eigenvalue weighted by atomic mass is 9.86. The second-order valence-electron chi connectivity index (χ2n) is 5.05. The summed E-state index contributed by atoms with van der Waals surface area (Å²) in [4.78, 5) is 0. The van der Waals surface area contributed by atoms with E-state index in [9.17, 15) is 0 Å². The Morgan fingerprint density at radius 1 is 1.07 bits per heavy atom. The molecule has 0 amide bonds.